The molecule has 3 saturated carbocycles. The third-order valence-corrected chi connectivity index (χ3v) is 22.2. The van der Waals surface area contributed by atoms with Crippen molar-refractivity contribution in [3.8, 4) is 0 Å². The molecule has 6 aliphatic rings. The fourth-order valence-corrected chi connectivity index (χ4v) is 15.8. The maximum Gasteiger partial charge on any atom is 0.422 e. The lowest BCUT2D eigenvalue weighted by molar-refractivity contribution is -0.161. The molecule has 24 nitrogen and oxygen atoms in total. The van der Waals surface area contributed by atoms with Crippen molar-refractivity contribution in [1.29, 1.82) is 0 Å². The maximum atomic E-state index is 16.2. The summed E-state index contributed by atoms with van der Waals surface area (Å²) in [6, 6.07) is -7.93. The van der Waals surface area contributed by atoms with Crippen molar-refractivity contribution < 1.29 is 97.0 Å². The van der Waals surface area contributed by atoms with Crippen molar-refractivity contribution in [3.05, 3.63) is 82.4 Å². The lowest BCUT2D eigenvalue weighted by atomic mass is 9.58. The number of halogens is 9. The third kappa shape index (κ3) is 19.8. The Kier molecular flexibility index (Phi) is 27.0. The summed E-state index contributed by atoms with van der Waals surface area (Å²) in [4.78, 5) is 190. The molecular formula is C75H101F9N12O12. The maximum absolute atomic E-state index is 16.2. The van der Waals surface area contributed by atoms with Gasteiger partial charge in [0, 0.05) is 75.8 Å². The number of rotatable bonds is 11. The molecule has 12 amide bonds. The van der Waals surface area contributed by atoms with Crippen LogP contribution in [-0.4, -0.2) is 258 Å². The highest BCUT2D eigenvalue weighted by Crippen LogP contribution is 2.50. The fraction of sp³-hybridized carbons (Fsp3) is 0.653. The number of hydrogen-bond acceptors (Lipinski definition) is 12. The lowest BCUT2D eigenvalue weighted by Gasteiger charge is -2.54. The molecule has 0 unspecified atom stereocenters. The average Bonchev–Trinajstić information content (AvgIpc) is 0.794. The van der Waals surface area contributed by atoms with Gasteiger partial charge in [0.2, 0.25) is 70.9 Å². The van der Waals surface area contributed by atoms with Crippen molar-refractivity contribution >= 4 is 70.9 Å². The molecule has 0 radical (unpaired) electrons. The molecule has 2 aromatic carbocycles. The van der Waals surface area contributed by atoms with E-state index in [4.69, 9.17) is 0 Å². The van der Waals surface area contributed by atoms with Crippen LogP contribution < -0.4 is 16.0 Å². The zero-order valence-corrected chi connectivity index (χ0v) is 63.2. The first-order valence-corrected chi connectivity index (χ1v) is 36.7. The molecule has 3 aliphatic heterocycles. The van der Waals surface area contributed by atoms with E-state index >= 15 is 41.9 Å². The lowest BCUT2D eigenvalue weighted by Crippen LogP contribution is -2.71. The van der Waals surface area contributed by atoms with Gasteiger partial charge < -0.3 is 60.0 Å². The molecule has 33 heteroatoms. The molecule has 108 heavy (non-hydrogen) atoms. The van der Waals surface area contributed by atoms with Crippen molar-refractivity contribution in [2.75, 3.05) is 82.6 Å². The van der Waals surface area contributed by atoms with Gasteiger partial charge in [-0.25, -0.2) is 13.2 Å². The molecular weight excluding hydrogens is 1430 g/mol. The van der Waals surface area contributed by atoms with Crippen molar-refractivity contribution in [2.24, 2.45) is 23.2 Å². The Labute approximate surface area is 623 Å². The minimum Gasteiger partial charge on any atom is -0.347 e. The second-order valence-electron chi connectivity index (χ2n) is 31.2. The number of alkyl halides is 7. The Hall–Kier alpha value is -8.81. The van der Waals surface area contributed by atoms with Crippen molar-refractivity contribution in [2.45, 2.75) is 209 Å². The van der Waals surface area contributed by atoms with Crippen LogP contribution in [0.2, 0.25) is 0 Å². The normalized spacial score (nSPS) is 27.2. The first kappa shape index (κ1) is 84.8. The number of nitrogens with zero attached hydrogens (tertiary/aromatic N) is 9. The van der Waals surface area contributed by atoms with E-state index < -0.39 is 241 Å². The Morgan fingerprint density at radius 3 is 1.84 bits per heavy atom. The molecule has 1 spiro atoms. The number of benzene rings is 2. The molecule has 3 N–H and O–H groups in total. The molecule has 10 atom stereocenters. The van der Waals surface area contributed by atoms with Crippen molar-refractivity contribution in [1.82, 2.24) is 60.0 Å². The summed E-state index contributed by atoms with van der Waals surface area (Å²) >= 11 is 0. The zero-order chi connectivity index (χ0) is 80.1. The van der Waals surface area contributed by atoms with E-state index in [0.717, 1.165) is 60.7 Å². The van der Waals surface area contributed by atoms with Gasteiger partial charge in [0.25, 0.3) is 0 Å². The topological polar surface area (TPSA) is 270 Å². The molecule has 2 bridgehead atoms. The minimum absolute atomic E-state index is 0.0205. The highest BCUT2D eigenvalue weighted by molar-refractivity contribution is 6.01. The van der Waals surface area contributed by atoms with Gasteiger partial charge in [0.1, 0.15) is 77.2 Å². The number of hydrogen-bond donors (Lipinski definition) is 3. The summed E-state index contributed by atoms with van der Waals surface area (Å²) in [5.74, 6) is -15.9. The van der Waals surface area contributed by atoms with Crippen LogP contribution in [0, 0.1) is 34.8 Å². The van der Waals surface area contributed by atoms with Gasteiger partial charge in [-0.1, -0.05) is 84.1 Å². The van der Waals surface area contributed by atoms with Gasteiger partial charge in [-0.15, -0.1) is 0 Å². The second-order valence-corrected chi connectivity index (χ2v) is 31.2. The monoisotopic (exact) mass is 1530 g/mol. The molecule has 5 fully saturated rings. The van der Waals surface area contributed by atoms with Crippen LogP contribution >= 0.6 is 0 Å². The van der Waals surface area contributed by atoms with Gasteiger partial charge in [0.15, 0.2) is 0 Å². The number of likely N-dealkylation sites (N-methyl/N-ethyl adjacent to an activating group) is 7. The number of carbonyl (C=O) groups excluding carboxylic acids is 12. The number of carbonyl (C=O) groups is 12. The van der Waals surface area contributed by atoms with Crippen LogP contribution in [0.4, 0.5) is 39.5 Å². The Morgan fingerprint density at radius 2 is 1.28 bits per heavy atom. The van der Waals surface area contributed by atoms with Crippen LogP contribution in [0.5, 0.6) is 0 Å². The summed E-state index contributed by atoms with van der Waals surface area (Å²) in [5, 5.41) is 8.09. The molecule has 596 valence electrons. The van der Waals surface area contributed by atoms with E-state index in [-0.39, 0.29) is 50.1 Å². The highest BCUT2D eigenvalue weighted by Gasteiger charge is 2.59. The number of fused-ring (bicyclic) bond motifs is 3. The number of nitrogens with one attached hydrogen (secondary N) is 3. The molecule has 2 saturated heterocycles. The first-order valence-electron chi connectivity index (χ1n) is 36.7. The zero-order valence-electron chi connectivity index (χ0n) is 63.2. The fourth-order valence-electron chi connectivity index (χ4n) is 15.8. The summed E-state index contributed by atoms with van der Waals surface area (Å²) in [6.45, 7) is 4.25. The van der Waals surface area contributed by atoms with Crippen LogP contribution in [0.1, 0.15) is 146 Å². The molecule has 0 aromatic heterocycles. The van der Waals surface area contributed by atoms with Crippen LogP contribution in [-0.2, 0) is 82.7 Å². The van der Waals surface area contributed by atoms with Crippen LogP contribution in [0.25, 0.3) is 0 Å². The van der Waals surface area contributed by atoms with E-state index in [1.54, 1.807) is 39.8 Å². The van der Waals surface area contributed by atoms with Crippen LogP contribution in [0.3, 0.4) is 0 Å². The molecule has 3 aliphatic carbocycles. The summed E-state index contributed by atoms with van der Waals surface area (Å²) < 4.78 is 130. The summed E-state index contributed by atoms with van der Waals surface area (Å²) in [7, 11) is 10.6. The van der Waals surface area contributed by atoms with Crippen LogP contribution in [0.15, 0.2) is 48.6 Å². The first-order chi connectivity index (χ1) is 50.4. The molecule has 3 heterocycles. The van der Waals surface area contributed by atoms with Gasteiger partial charge in [-0.05, 0) is 116 Å². The Balaban J connectivity index is 1.22. The van der Waals surface area contributed by atoms with Gasteiger partial charge >= 0.3 is 12.4 Å². The predicted molar refractivity (Wildman–Crippen MR) is 375 cm³/mol. The van der Waals surface area contributed by atoms with Gasteiger partial charge in [-0.2, -0.15) is 26.3 Å². The van der Waals surface area contributed by atoms with Crippen molar-refractivity contribution in [3.63, 3.8) is 0 Å². The minimum atomic E-state index is -5.48. The summed E-state index contributed by atoms with van der Waals surface area (Å²) in [6.07, 6.45) is -8.50. The highest BCUT2D eigenvalue weighted by atomic mass is 19.4. The Morgan fingerprint density at radius 1 is 0.667 bits per heavy atom. The van der Waals surface area contributed by atoms with E-state index in [1.807, 2.05) is 0 Å². The predicted octanol–water partition coefficient (Wildman–Crippen LogP) is 6.06. The van der Waals surface area contributed by atoms with E-state index in [0.29, 0.717) is 57.1 Å². The summed E-state index contributed by atoms with van der Waals surface area (Å²) in [5.41, 5.74) is -6.19. The quantitative estimate of drug-likeness (QED) is 0.171. The SMILES string of the molecule is CC[C@H](C)[C@@H]1NC(=O)[C@H](CC2CC2)N(C)C(=O)C[C@@H](C(=O)N(C)C)N(C)C(=O)[C@H](C2CCCC2)N(C)C(=O)C2(CC(C)(C)C2)NC(=O)[C@@H]2C[C@@H](F)CN2C(=O)[C@H](CCc2cc(F)c(C(F)(F)F)c(F)c2)NC(=O)CN(C)C(=O)[C@H](Cc2ccc(C(F)(F)F)cc2)N2CC/C=C\C[C@@H](C2=O)N(C)C(=O)CN(C)C1=O. The standard InChI is InChI=1S/C75H101F9N12O12/c1-13-42(2)61-69(106)90(8)39-59(99)91(9)52-21-15-14-18-30-95(68(52)105)56(34-44-24-27-47(28-25-44)74(79,80)81)67(104)89(7)38-57(97)85-51(29-26-45-31-49(77)60(50(78)32-45)75(82,83)84)65(102)96-37-48(76)35-54(96)64(101)87-73(40-72(3,4)41-73)71(108)94(12)62(46-19-16-17-20-46)70(107)93(11)55(66(103)88(5)6)36-58(98)92(10)53(63(100)86-61)33-43-22-23-43/h14-15,24-25,27-28,31-32,42-43,46,48,51-56,61-62H,13,16-23,26,29-30,33-41H2,1-12H3,(H,85,97)(H,86,100)(H,87,101)/b15-14-/t42-,48+,51-,52-,53-,54-,55-,56-,61-,62-/m0/s1. The van der Waals surface area contributed by atoms with E-state index in [9.17, 15) is 55.1 Å². The second kappa shape index (κ2) is 34.4. The number of amides is 12. The molecule has 8 rings (SSSR count). The van der Waals surface area contributed by atoms with E-state index in [1.165, 1.54) is 64.0 Å². The van der Waals surface area contributed by atoms with Gasteiger partial charge in [0.05, 0.1) is 31.6 Å². The largest absolute Gasteiger partial charge is 0.422 e. The third-order valence-electron chi connectivity index (χ3n) is 22.2. The van der Waals surface area contributed by atoms with E-state index in [2.05, 4.69) is 16.0 Å². The molecule has 2 aromatic rings. The average molecular weight is 1530 g/mol. The Bertz CT molecular complexity index is 3720. The number of aryl methyl sites for hydroxylation is 1. The smallest absolute Gasteiger partial charge is 0.347 e. The van der Waals surface area contributed by atoms with Gasteiger partial charge in [-0.3, -0.25) is 57.5 Å².